The second kappa shape index (κ2) is 10.0. The quantitative estimate of drug-likeness (QED) is 0.481. The van der Waals surface area contributed by atoms with E-state index >= 15 is 0 Å². The minimum atomic E-state index is -4.73. The maximum Gasteiger partial charge on any atom is 0.407 e. The van der Waals surface area contributed by atoms with Gasteiger partial charge in [-0.15, -0.1) is 0 Å². The van der Waals surface area contributed by atoms with Crippen LogP contribution in [0.25, 0.3) is 0 Å². The Bertz CT molecular complexity index is 994. The molecule has 170 valence electrons. The topological polar surface area (TPSA) is 85.2 Å². The Morgan fingerprint density at radius 1 is 1.25 bits per heavy atom. The van der Waals surface area contributed by atoms with Gasteiger partial charge in [-0.3, -0.25) is 10.1 Å². The largest absolute Gasteiger partial charge is 0.506 e. The van der Waals surface area contributed by atoms with Gasteiger partial charge in [-0.2, -0.15) is 30.2 Å². The highest BCUT2D eigenvalue weighted by Crippen LogP contribution is 2.37. The van der Waals surface area contributed by atoms with Gasteiger partial charge in [-0.1, -0.05) is 48.0 Å². The number of aromatic hydroxyl groups is 1. The number of halogens is 4. The average molecular weight is 484 g/mol. The molecule has 1 aliphatic rings. The monoisotopic (exact) mass is 483 g/mol. The first-order valence-electron chi connectivity index (χ1n) is 9.80. The van der Waals surface area contributed by atoms with Crippen molar-refractivity contribution in [2.24, 2.45) is 0 Å². The van der Waals surface area contributed by atoms with Crippen molar-refractivity contribution in [2.45, 2.75) is 42.4 Å². The second-order valence-corrected chi connectivity index (χ2v) is 9.03. The first kappa shape index (κ1) is 24.2. The van der Waals surface area contributed by atoms with Crippen molar-refractivity contribution in [3.8, 4) is 11.8 Å². The van der Waals surface area contributed by atoms with Gasteiger partial charge in [0.1, 0.15) is 17.3 Å². The summed E-state index contributed by atoms with van der Waals surface area (Å²) in [5.74, 6) is -0.435. The van der Waals surface area contributed by atoms with E-state index in [1.165, 1.54) is 11.8 Å². The van der Waals surface area contributed by atoms with Gasteiger partial charge >= 0.3 is 6.18 Å². The third-order valence-corrected chi connectivity index (χ3v) is 6.45. The molecule has 0 bridgehead atoms. The Kier molecular flexibility index (Phi) is 7.59. The Labute approximate surface area is 193 Å². The summed E-state index contributed by atoms with van der Waals surface area (Å²) < 4.78 is 41.7. The molecule has 0 saturated heterocycles. The summed E-state index contributed by atoms with van der Waals surface area (Å²) in [7, 11) is 0. The van der Waals surface area contributed by atoms with Crippen LogP contribution in [0.5, 0.6) is 5.75 Å². The van der Waals surface area contributed by atoms with Crippen LogP contribution >= 0.6 is 23.4 Å². The average Bonchev–Trinajstić information content (AvgIpc) is 3.52. The van der Waals surface area contributed by atoms with Gasteiger partial charge in [0.15, 0.2) is 0 Å². The third-order valence-electron chi connectivity index (χ3n) is 5.04. The minimum absolute atomic E-state index is 0.0562. The summed E-state index contributed by atoms with van der Waals surface area (Å²) in [5.41, 5.74) is -0.256. The number of alkyl halides is 3. The lowest BCUT2D eigenvalue weighted by atomic mass is 10.0. The zero-order valence-corrected chi connectivity index (χ0v) is 18.4. The van der Waals surface area contributed by atoms with E-state index in [4.69, 9.17) is 11.6 Å². The first-order valence-corrected chi connectivity index (χ1v) is 11.3. The van der Waals surface area contributed by atoms with Gasteiger partial charge in [0.05, 0.1) is 17.1 Å². The lowest BCUT2D eigenvalue weighted by molar-refractivity contribution is -0.160. The summed E-state index contributed by atoms with van der Waals surface area (Å²) in [6, 6.07) is 11.2. The first-order chi connectivity index (χ1) is 15.1. The highest BCUT2D eigenvalue weighted by molar-refractivity contribution is 7.98. The molecule has 1 fully saturated rings. The molecule has 0 aliphatic heterocycles. The van der Waals surface area contributed by atoms with Gasteiger partial charge < -0.3 is 10.4 Å². The van der Waals surface area contributed by atoms with E-state index in [2.05, 4.69) is 10.6 Å². The van der Waals surface area contributed by atoms with E-state index in [1.807, 2.05) is 36.4 Å². The molecule has 2 atom stereocenters. The van der Waals surface area contributed by atoms with Gasteiger partial charge in [-0.25, -0.2) is 0 Å². The number of hydrogen-bond acceptors (Lipinski definition) is 5. The number of phenols is 1. The third kappa shape index (κ3) is 6.31. The van der Waals surface area contributed by atoms with Crippen LogP contribution in [0.2, 0.25) is 5.02 Å². The fourth-order valence-electron chi connectivity index (χ4n) is 3.06. The van der Waals surface area contributed by atoms with E-state index in [0.717, 1.165) is 23.8 Å². The fourth-order valence-corrected chi connectivity index (χ4v) is 4.28. The number of carbonyl (C=O) groups excluding carboxylic acids is 1. The van der Waals surface area contributed by atoms with Crippen LogP contribution in [0.15, 0.2) is 48.5 Å². The summed E-state index contributed by atoms with van der Waals surface area (Å²) in [4.78, 5) is 12.8. The summed E-state index contributed by atoms with van der Waals surface area (Å²) in [5, 5.41) is 23.6. The Morgan fingerprint density at radius 3 is 2.50 bits per heavy atom. The zero-order chi connectivity index (χ0) is 23.4. The highest BCUT2D eigenvalue weighted by atomic mass is 35.5. The van der Waals surface area contributed by atoms with Crippen molar-refractivity contribution in [2.75, 3.05) is 5.75 Å². The van der Waals surface area contributed by atoms with E-state index in [-0.39, 0.29) is 22.1 Å². The van der Waals surface area contributed by atoms with Crippen molar-refractivity contribution in [1.29, 1.82) is 5.26 Å². The molecule has 0 spiro atoms. The van der Waals surface area contributed by atoms with Gasteiger partial charge in [-0.05, 0) is 36.1 Å². The molecule has 1 aliphatic carbocycles. The molecule has 32 heavy (non-hydrogen) atoms. The van der Waals surface area contributed by atoms with Crippen molar-refractivity contribution in [3.05, 3.63) is 64.7 Å². The molecule has 0 aromatic heterocycles. The number of rotatable bonds is 9. The molecule has 2 aromatic carbocycles. The van der Waals surface area contributed by atoms with Crippen LogP contribution in [0.3, 0.4) is 0 Å². The number of nitriles is 1. The number of nitrogens with zero attached hydrogens (tertiary/aromatic N) is 1. The smallest absolute Gasteiger partial charge is 0.407 e. The molecule has 3 N–H and O–H groups in total. The number of thioether (sulfide) groups is 1. The molecule has 1 amide bonds. The molecule has 3 rings (SSSR count). The predicted molar refractivity (Wildman–Crippen MR) is 117 cm³/mol. The summed E-state index contributed by atoms with van der Waals surface area (Å²) >= 11 is 7.12. The van der Waals surface area contributed by atoms with Crippen molar-refractivity contribution < 1.29 is 23.1 Å². The molecular formula is C22H21ClF3N3O2S. The number of hydrogen-bond donors (Lipinski definition) is 3. The van der Waals surface area contributed by atoms with Crippen molar-refractivity contribution >= 4 is 29.3 Å². The normalized spacial score (nSPS) is 16.6. The number of benzene rings is 2. The van der Waals surface area contributed by atoms with Crippen LogP contribution < -0.4 is 10.6 Å². The fraction of sp³-hybridized carbons (Fsp3) is 0.364. The standard InChI is InChI=1S/C22H21ClF3N3O2S/c23-16-10-15(6-7-18(16)30)19(22(24,25)26)28-17(20(31)29-21(13-27)8-9-21)12-32-11-14-4-2-1-3-5-14/h1-7,10,17,19,28,30H,8-9,11-12H2,(H,29,31)/t17-,19+/m0/s1. The molecule has 1 saturated carbocycles. The van der Waals surface area contributed by atoms with E-state index in [1.54, 1.807) is 0 Å². The molecular weight excluding hydrogens is 463 g/mol. The SMILES string of the molecule is N#CC1(NC(=O)[C@H](CSCc2ccccc2)N[C@H](c2ccc(O)c(Cl)c2)C(F)(F)F)CC1. The summed E-state index contributed by atoms with van der Waals surface area (Å²) in [6.07, 6.45) is -3.79. The maximum absolute atomic E-state index is 13.9. The lowest BCUT2D eigenvalue weighted by Gasteiger charge is -2.28. The Morgan fingerprint density at radius 2 is 1.94 bits per heavy atom. The highest BCUT2D eigenvalue weighted by Gasteiger charge is 2.47. The van der Waals surface area contributed by atoms with Crippen LogP contribution in [0.4, 0.5) is 13.2 Å². The maximum atomic E-state index is 13.9. The van der Waals surface area contributed by atoms with Crippen LogP contribution in [-0.4, -0.2) is 34.5 Å². The Hall–Kier alpha value is -2.41. The Balaban J connectivity index is 1.79. The molecule has 0 unspecified atom stereocenters. The number of amides is 1. The second-order valence-electron chi connectivity index (χ2n) is 7.59. The number of nitrogens with one attached hydrogen (secondary N) is 2. The van der Waals surface area contributed by atoms with E-state index < -0.39 is 29.7 Å². The molecule has 2 aromatic rings. The number of phenolic OH excluding ortho intramolecular Hbond substituents is 1. The van der Waals surface area contributed by atoms with Gasteiger partial charge in [0, 0.05) is 11.5 Å². The summed E-state index contributed by atoms with van der Waals surface area (Å²) in [6.45, 7) is 0. The number of carbonyl (C=O) groups is 1. The molecule has 10 heteroatoms. The molecule has 5 nitrogen and oxygen atoms in total. The van der Waals surface area contributed by atoms with E-state index in [0.29, 0.717) is 18.6 Å². The molecule has 0 radical (unpaired) electrons. The predicted octanol–water partition coefficient (Wildman–Crippen LogP) is 4.71. The van der Waals surface area contributed by atoms with Crippen LogP contribution in [-0.2, 0) is 10.5 Å². The van der Waals surface area contributed by atoms with Crippen LogP contribution in [0, 0.1) is 11.3 Å². The van der Waals surface area contributed by atoms with Crippen molar-refractivity contribution in [3.63, 3.8) is 0 Å². The lowest BCUT2D eigenvalue weighted by Crippen LogP contribution is -2.52. The van der Waals surface area contributed by atoms with Gasteiger partial charge in [0.2, 0.25) is 5.91 Å². The van der Waals surface area contributed by atoms with Crippen LogP contribution in [0.1, 0.15) is 30.0 Å². The molecule has 0 heterocycles. The van der Waals surface area contributed by atoms with E-state index in [9.17, 15) is 28.3 Å². The van der Waals surface area contributed by atoms with Crippen molar-refractivity contribution in [1.82, 2.24) is 10.6 Å². The zero-order valence-electron chi connectivity index (χ0n) is 16.8. The minimum Gasteiger partial charge on any atom is -0.506 e. The van der Waals surface area contributed by atoms with Gasteiger partial charge in [0.25, 0.3) is 0 Å².